The molecule has 20 heavy (non-hydrogen) atoms. The van der Waals surface area contributed by atoms with Crippen LogP contribution >= 0.6 is 11.8 Å². The fourth-order valence-electron chi connectivity index (χ4n) is 2.43. The molecule has 3 nitrogen and oxygen atoms in total. The molecule has 0 spiro atoms. The highest BCUT2D eigenvalue weighted by molar-refractivity contribution is 8.00. The fourth-order valence-corrected chi connectivity index (χ4v) is 3.57. The Kier molecular flexibility index (Phi) is 6.00. The molecule has 1 aromatic heterocycles. The predicted molar refractivity (Wildman–Crippen MR) is 87.1 cm³/mol. The lowest BCUT2D eigenvalue weighted by molar-refractivity contribution is 0.250. The fraction of sp³-hybridized carbons (Fsp3) is 0.750. The van der Waals surface area contributed by atoms with Crippen LogP contribution in [0.5, 0.6) is 0 Å². The van der Waals surface area contributed by atoms with Crippen molar-refractivity contribution >= 4 is 11.8 Å². The highest BCUT2D eigenvalue weighted by Gasteiger charge is 2.23. The number of rotatable bonds is 6. The maximum atomic E-state index is 5.91. The quantitative estimate of drug-likeness (QED) is 0.813. The van der Waals surface area contributed by atoms with E-state index < -0.39 is 0 Å². The van der Waals surface area contributed by atoms with Crippen LogP contribution < -0.4 is 5.32 Å². The van der Waals surface area contributed by atoms with Crippen LogP contribution in [0, 0.1) is 0 Å². The first kappa shape index (κ1) is 15.9. The minimum Gasteiger partial charge on any atom is -0.463 e. The monoisotopic (exact) mass is 296 g/mol. The molecule has 0 radical (unpaired) electrons. The van der Waals surface area contributed by atoms with Crippen molar-refractivity contribution in [3.05, 3.63) is 23.7 Å². The molecule has 0 aliphatic carbocycles. The summed E-state index contributed by atoms with van der Waals surface area (Å²) in [6.45, 7) is 12.1. The van der Waals surface area contributed by atoms with Crippen LogP contribution in [0.2, 0.25) is 0 Å². The van der Waals surface area contributed by atoms with Crippen molar-refractivity contribution in [2.24, 2.45) is 0 Å². The van der Waals surface area contributed by atoms with E-state index in [1.165, 1.54) is 18.7 Å². The van der Waals surface area contributed by atoms with Gasteiger partial charge in [0.25, 0.3) is 0 Å². The normalized spacial score (nSPS) is 19.9. The zero-order valence-corrected chi connectivity index (χ0v) is 13.9. The van der Waals surface area contributed by atoms with Crippen LogP contribution in [-0.4, -0.2) is 35.0 Å². The summed E-state index contributed by atoms with van der Waals surface area (Å²) in [4.78, 5) is 2.52. The summed E-state index contributed by atoms with van der Waals surface area (Å²) in [7, 11) is 0. The maximum Gasteiger partial charge on any atom is 0.118 e. The molecule has 1 aromatic rings. The van der Waals surface area contributed by atoms with E-state index in [0.717, 1.165) is 44.1 Å². The van der Waals surface area contributed by atoms with E-state index in [2.05, 4.69) is 54.9 Å². The van der Waals surface area contributed by atoms with E-state index in [4.69, 9.17) is 4.42 Å². The third-order valence-corrected chi connectivity index (χ3v) is 5.13. The smallest absolute Gasteiger partial charge is 0.118 e. The molecule has 0 bridgehead atoms. The third kappa shape index (κ3) is 5.15. The van der Waals surface area contributed by atoms with Gasteiger partial charge in [-0.15, -0.1) is 0 Å². The first-order chi connectivity index (χ1) is 9.59. The molecule has 2 heterocycles. The van der Waals surface area contributed by atoms with Crippen molar-refractivity contribution in [3.8, 4) is 0 Å². The summed E-state index contributed by atoms with van der Waals surface area (Å²) >= 11 is 2.09. The summed E-state index contributed by atoms with van der Waals surface area (Å²) in [6.07, 6.45) is 2.41. The Bertz CT molecular complexity index is 403. The molecular weight excluding hydrogens is 268 g/mol. The topological polar surface area (TPSA) is 28.4 Å². The number of nitrogens with zero attached hydrogens (tertiary/aromatic N) is 1. The SMILES string of the molecule is CCCNCc1ccc(CN2CCSC(C)(C)CC2)o1. The van der Waals surface area contributed by atoms with Gasteiger partial charge in [0.2, 0.25) is 0 Å². The number of thioether (sulfide) groups is 1. The van der Waals surface area contributed by atoms with Crippen LogP contribution in [0.4, 0.5) is 0 Å². The van der Waals surface area contributed by atoms with Crippen LogP contribution in [0.25, 0.3) is 0 Å². The minimum absolute atomic E-state index is 0.424. The Morgan fingerprint density at radius 3 is 2.90 bits per heavy atom. The van der Waals surface area contributed by atoms with Crippen LogP contribution in [0.3, 0.4) is 0 Å². The maximum absolute atomic E-state index is 5.91. The molecule has 1 fully saturated rings. The lowest BCUT2D eigenvalue weighted by Gasteiger charge is -2.22. The first-order valence-electron chi connectivity index (χ1n) is 7.74. The van der Waals surface area contributed by atoms with E-state index in [9.17, 15) is 0 Å². The van der Waals surface area contributed by atoms with Gasteiger partial charge in [0.1, 0.15) is 11.5 Å². The number of furan rings is 1. The molecule has 0 unspecified atom stereocenters. The Balaban J connectivity index is 1.81. The van der Waals surface area contributed by atoms with Crippen LogP contribution in [0.1, 0.15) is 45.1 Å². The second-order valence-corrected chi connectivity index (χ2v) is 7.98. The zero-order valence-electron chi connectivity index (χ0n) is 13.1. The average Bonchev–Trinajstić information content (AvgIpc) is 2.76. The molecule has 0 amide bonds. The van der Waals surface area contributed by atoms with Crippen molar-refractivity contribution in [2.75, 3.05) is 25.4 Å². The lowest BCUT2D eigenvalue weighted by atomic mass is 10.1. The first-order valence-corrected chi connectivity index (χ1v) is 8.72. The van der Waals surface area contributed by atoms with Gasteiger partial charge < -0.3 is 9.73 Å². The molecule has 1 aliphatic heterocycles. The van der Waals surface area contributed by atoms with E-state index in [1.54, 1.807) is 0 Å². The number of nitrogens with one attached hydrogen (secondary N) is 1. The van der Waals surface area contributed by atoms with Gasteiger partial charge in [0, 0.05) is 17.0 Å². The molecule has 114 valence electrons. The minimum atomic E-state index is 0.424. The molecule has 0 aromatic carbocycles. The molecule has 2 rings (SSSR count). The molecule has 1 saturated heterocycles. The largest absolute Gasteiger partial charge is 0.463 e. The van der Waals surface area contributed by atoms with Gasteiger partial charge in [0.05, 0.1) is 13.1 Å². The van der Waals surface area contributed by atoms with Crippen molar-refractivity contribution in [2.45, 2.75) is 51.4 Å². The number of hydrogen-bond acceptors (Lipinski definition) is 4. The van der Waals surface area contributed by atoms with Crippen LogP contribution in [0.15, 0.2) is 16.5 Å². The summed E-state index contributed by atoms with van der Waals surface area (Å²) in [5.74, 6) is 3.37. The third-order valence-electron chi connectivity index (χ3n) is 3.75. The Morgan fingerprint density at radius 2 is 2.10 bits per heavy atom. The summed E-state index contributed by atoms with van der Waals surface area (Å²) in [5, 5.41) is 3.38. The lowest BCUT2D eigenvalue weighted by Crippen LogP contribution is -2.26. The summed E-state index contributed by atoms with van der Waals surface area (Å²) in [5.41, 5.74) is 0. The molecular formula is C16H28N2OS. The van der Waals surface area contributed by atoms with Gasteiger partial charge in [0.15, 0.2) is 0 Å². The van der Waals surface area contributed by atoms with Gasteiger partial charge in [-0.25, -0.2) is 0 Å². The molecule has 1 aliphatic rings. The van der Waals surface area contributed by atoms with Crippen molar-refractivity contribution in [1.82, 2.24) is 10.2 Å². The van der Waals surface area contributed by atoms with Crippen molar-refractivity contribution in [3.63, 3.8) is 0 Å². The highest BCUT2D eigenvalue weighted by Crippen LogP contribution is 2.31. The molecule has 0 saturated carbocycles. The molecule has 1 N–H and O–H groups in total. The molecule has 0 atom stereocenters. The van der Waals surface area contributed by atoms with E-state index in [0.29, 0.717) is 4.75 Å². The van der Waals surface area contributed by atoms with Crippen molar-refractivity contribution in [1.29, 1.82) is 0 Å². The average molecular weight is 296 g/mol. The van der Waals surface area contributed by atoms with Gasteiger partial charge >= 0.3 is 0 Å². The highest BCUT2D eigenvalue weighted by atomic mass is 32.2. The van der Waals surface area contributed by atoms with Gasteiger partial charge in [-0.3, -0.25) is 4.90 Å². The summed E-state index contributed by atoms with van der Waals surface area (Å²) in [6, 6.07) is 4.24. The van der Waals surface area contributed by atoms with E-state index in [-0.39, 0.29) is 0 Å². The van der Waals surface area contributed by atoms with E-state index in [1.807, 2.05) is 0 Å². The standard InChI is InChI=1S/C16H28N2OS/c1-4-8-17-12-14-5-6-15(19-14)13-18-9-7-16(2,3)20-11-10-18/h5-6,17H,4,7-13H2,1-3H3. The van der Waals surface area contributed by atoms with E-state index >= 15 is 0 Å². The number of hydrogen-bond donors (Lipinski definition) is 1. The summed E-state index contributed by atoms with van der Waals surface area (Å²) < 4.78 is 6.34. The second-order valence-electron chi connectivity index (χ2n) is 6.18. The second kappa shape index (κ2) is 7.53. The van der Waals surface area contributed by atoms with Gasteiger partial charge in [-0.05, 0) is 38.1 Å². The Morgan fingerprint density at radius 1 is 1.30 bits per heavy atom. The Hall–Kier alpha value is -0.450. The van der Waals surface area contributed by atoms with Crippen molar-refractivity contribution < 1.29 is 4.42 Å². The zero-order chi connectivity index (χ0) is 14.4. The van der Waals surface area contributed by atoms with Gasteiger partial charge in [-0.2, -0.15) is 11.8 Å². The van der Waals surface area contributed by atoms with Crippen LogP contribution in [-0.2, 0) is 13.1 Å². The van der Waals surface area contributed by atoms with Gasteiger partial charge in [-0.1, -0.05) is 20.8 Å². The Labute approximate surface area is 127 Å². The molecule has 4 heteroatoms. The predicted octanol–water partition coefficient (Wildman–Crippen LogP) is 3.50.